The van der Waals surface area contributed by atoms with Crippen molar-refractivity contribution in [1.82, 2.24) is 20.0 Å². The fraction of sp³-hybridized carbons (Fsp3) is 0.692. The van der Waals surface area contributed by atoms with Crippen LogP contribution in [0, 0.1) is 22.0 Å². The summed E-state index contributed by atoms with van der Waals surface area (Å²) in [6, 6.07) is 1.31. The summed E-state index contributed by atoms with van der Waals surface area (Å²) in [7, 11) is 0. The Hall–Kier alpha value is -1.67. The minimum Gasteiger partial charge on any atom is -0.358 e. The zero-order chi connectivity index (χ0) is 14.8. The van der Waals surface area contributed by atoms with E-state index in [1.165, 1.54) is 16.9 Å². The highest BCUT2D eigenvalue weighted by Gasteiger charge is 2.31. The van der Waals surface area contributed by atoms with Crippen LogP contribution in [0.3, 0.4) is 0 Å². The number of rotatable bonds is 3. The zero-order valence-corrected chi connectivity index (χ0v) is 13.0. The first-order chi connectivity index (χ1) is 10.1. The van der Waals surface area contributed by atoms with Crippen molar-refractivity contribution < 1.29 is 9.72 Å². The molecule has 0 unspecified atom stereocenters. The van der Waals surface area contributed by atoms with Gasteiger partial charge in [0.1, 0.15) is 6.54 Å². The Morgan fingerprint density at radius 2 is 2.00 bits per heavy atom. The quantitative estimate of drug-likeness (QED) is 0.650. The van der Waals surface area contributed by atoms with E-state index in [1.807, 2.05) is 4.90 Å². The number of aromatic nitrogens is 2. The van der Waals surface area contributed by atoms with Crippen molar-refractivity contribution in [3.05, 3.63) is 22.4 Å². The maximum Gasteiger partial charge on any atom is 0.389 e. The SMILES string of the molecule is Cl.O=C(Cn1ccc([N+](=O)[O-])n1)N1CC[C@@H]2CNC[C@@H]2CC1. The fourth-order valence-corrected chi connectivity index (χ4v) is 3.24. The first kappa shape index (κ1) is 16.7. The molecule has 9 heteroatoms. The number of carbonyl (C=O) groups is 1. The van der Waals surface area contributed by atoms with Crippen LogP contribution in [0.4, 0.5) is 5.82 Å². The normalized spacial score (nSPS) is 24.3. The van der Waals surface area contributed by atoms with E-state index in [1.54, 1.807) is 0 Å². The van der Waals surface area contributed by atoms with E-state index >= 15 is 0 Å². The molecule has 1 aromatic heterocycles. The maximum atomic E-state index is 12.3. The molecular formula is C13H20ClN5O3. The number of nitro groups is 1. The third kappa shape index (κ3) is 3.56. The lowest BCUT2D eigenvalue weighted by Gasteiger charge is -2.20. The Morgan fingerprint density at radius 3 is 2.55 bits per heavy atom. The van der Waals surface area contributed by atoms with Gasteiger partial charge in [0.05, 0.1) is 17.4 Å². The number of nitrogens with one attached hydrogen (secondary N) is 1. The second kappa shape index (κ2) is 7.06. The van der Waals surface area contributed by atoms with Crippen LogP contribution < -0.4 is 5.32 Å². The molecule has 3 rings (SSSR count). The summed E-state index contributed by atoms with van der Waals surface area (Å²) in [5.41, 5.74) is 0. The summed E-state index contributed by atoms with van der Waals surface area (Å²) in [6.45, 7) is 3.72. The second-order valence-corrected chi connectivity index (χ2v) is 5.77. The Kier molecular flexibility index (Phi) is 5.36. The van der Waals surface area contributed by atoms with Crippen molar-refractivity contribution >= 4 is 24.1 Å². The van der Waals surface area contributed by atoms with E-state index in [9.17, 15) is 14.9 Å². The Bertz CT molecular complexity index is 536. The van der Waals surface area contributed by atoms with Crippen LogP contribution in [0.1, 0.15) is 12.8 Å². The fourth-order valence-electron chi connectivity index (χ4n) is 3.24. The van der Waals surface area contributed by atoms with Crippen molar-refractivity contribution in [2.24, 2.45) is 11.8 Å². The number of hydrogen-bond donors (Lipinski definition) is 1. The summed E-state index contributed by atoms with van der Waals surface area (Å²) in [4.78, 5) is 24.2. The number of amides is 1. The van der Waals surface area contributed by atoms with Crippen LogP contribution >= 0.6 is 12.4 Å². The Labute approximate surface area is 134 Å². The van der Waals surface area contributed by atoms with Crippen molar-refractivity contribution in [3.63, 3.8) is 0 Å². The summed E-state index contributed by atoms with van der Waals surface area (Å²) in [5.74, 6) is 1.11. The highest BCUT2D eigenvalue weighted by atomic mass is 35.5. The van der Waals surface area contributed by atoms with Gasteiger partial charge in [0.25, 0.3) is 0 Å². The summed E-state index contributed by atoms with van der Waals surface area (Å²) < 4.78 is 1.34. The van der Waals surface area contributed by atoms with E-state index in [0.29, 0.717) is 11.8 Å². The summed E-state index contributed by atoms with van der Waals surface area (Å²) >= 11 is 0. The second-order valence-electron chi connectivity index (χ2n) is 5.77. The number of hydrogen-bond acceptors (Lipinski definition) is 5. The summed E-state index contributed by atoms with van der Waals surface area (Å²) in [6.07, 6.45) is 3.54. The lowest BCUT2D eigenvalue weighted by atomic mass is 9.92. The van der Waals surface area contributed by atoms with Crippen molar-refractivity contribution in [2.45, 2.75) is 19.4 Å². The topological polar surface area (TPSA) is 93.3 Å². The van der Waals surface area contributed by atoms with Crippen molar-refractivity contribution in [3.8, 4) is 0 Å². The molecule has 1 aromatic rings. The van der Waals surface area contributed by atoms with Crippen LogP contribution in [0.15, 0.2) is 12.3 Å². The molecular weight excluding hydrogens is 310 g/mol. The molecule has 2 aliphatic heterocycles. The molecule has 0 bridgehead atoms. The third-order valence-electron chi connectivity index (χ3n) is 4.48. The van der Waals surface area contributed by atoms with E-state index in [-0.39, 0.29) is 30.7 Å². The first-order valence-corrected chi connectivity index (χ1v) is 7.30. The maximum absolute atomic E-state index is 12.3. The van der Waals surface area contributed by atoms with E-state index in [2.05, 4.69) is 10.4 Å². The molecule has 2 fully saturated rings. The molecule has 0 spiro atoms. The van der Waals surface area contributed by atoms with E-state index in [4.69, 9.17) is 0 Å². The van der Waals surface area contributed by atoms with Gasteiger partial charge in [0.2, 0.25) is 5.91 Å². The number of carbonyl (C=O) groups excluding carboxylic acids is 1. The lowest BCUT2D eigenvalue weighted by molar-refractivity contribution is -0.389. The number of likely N-dealkylation sites (tertiary alicyclic amines) is 1. The molecule has 8 nitrogen and oxygen atoms in total. The van der Waals surface area contributed by atoms with Gasteiger partial charge in [0, 0.05) is 13.1 Å². The molecule has 2 atom stereocenters. The molecule has 2 aliphatic rings. The molecule has 122 valence electrons. The number of fused-ring (bicyclic) bond motifs is 1. The Balaban J connectivity index is 0.00000176. The van der Waals surface area contributed by atoms with E-state index in [0.717, 1.165) is 39.0 Å². The van der Waals surface area contributed by atoms with Gasteiger partial charge in [-0.15, -0.1) is 12.4 Å². The lowest BCUT2D eigenvalue weighted by Crippen LogP contribution is -2.35. The van der Waals surface area contributed by atoms with Gasteiger partial charge < -0.3 is 20.3 Å². The van der Waals surface area contributed by atoms with Crippen molar-refractivity contribution in [2.75, 3.05) is 26.2 Å². The van der Waals surface area contributed by atoms with Gasteiger partial charge >= 0.3 is 5.82 Å². The molecule has 0 aromatic carbocycles. The highest BCUT2D eigenvalue weighted by molar-refractivity contribution is 5.85. The van der Waals surface area contributed by atoms with Crippen LogP contribution in [0.25, 0.3) is 0 Å². The smallest absolute Gasteiger partial charge is 0.358 e. The number of halogens is 1. The predicted molar refractivity (Wildman–Crippen MR) is 81.8 cm³/mol. The van der Waals surface area contributed by atoms with Crippen LogP contribution in [-0.2, 0) is 11.3 Å². The monoisotopic (exact) mass is 329 g/mol. The van der Waals surface area contributed by atoms with Gasteiger partial charge in [-0.2, -0.15) is 4.68 Å². The Morgan fingerprint density at radius 1 is 1.36 bits per heavy atom. The molecule has 1 N–H and O–H groups in total. The first-order valence-electron chi connectivity index (χ1n) is 7.30. The molecule has 0 radical (unpaired) electrons. The molecule has 0 saturated carbocycles. The molecule has 22 heavy (non-hydrogen) atoms. The zero-order valence-electron chi connectivity index (χ0n) is 12.2. The predicted octanol–water partition coefficient (Wildman–Crippen LogP) is 0.671. The minimum absolute atomic E-state index is 0. The van der Waals surface area contributed by atoms with E-state index < -0.39 is 4.92 Å². The molecule has 3 heterocycles. The van der Waals surface area contributed by atoms with Gasteiger partial charge in [-0.05, 0) is 42.7 Å². The van der Waals surface area contributed by atoms with Crippen LogP contribution in [-0.4, -0.2) is 51.7 Å². The third-order valence-corrected chi connectivity index (χ3v) is 4.48. The van der Waals surface area contributed by atoms with Gasteiger partial charge in [-0.25, -0.2) is 0 Å². The highest BCUT2D eigenvalue weighted by Crippen LogP contribution is 2.27. The molecule has 1 amide bonds. The van der Waals surface area contributed by atoms with Gasteiger partial charge in [-0.1, -0.05) is 0 Å². The van der Waals surface area contributed by atoms with Crippen LogP contribution in [0.2, 0.25) is 0 Å². The standard InChI is InChI=1S/C13H19N5O3.ClH/c19-13(9-17-6-3-12(15-17)18(20)21)16-4-1-10-7-14-8-11(10)2-5-16;/h3,6,10-11,14H,1-2,4-5,7-9H2;1H/t10-,11+;. The largest absolute Gasteiger partial charge is 0.389 e. The minimum atomic E-state index is -0.554. The average molecular weight is 330 g/mol. The number of nitrogens with zero attached hydrogens (tertiary/aromatic N) is 4. The van der Waals surface area contributed by atoms with Gasteiger partial charge in [-0.3, -0.25) is 4.79 Å². The summed E-state index contributed by atoms with van der Waals surface area (Å²) in [5, 5.41) is 17.8. The van der Waals surface area contributed by atoms with Gasteiger partial charge in [0.15, 0.2) is 0 Å². The average Bonchev–Trinajstić information content (AvgIpc) is 3.05. The molecule has 0 aliphatic carbocycles. The van der Waals surface area contributed by atoms with Crippen molar-refractivity contribution in [1.29, 1.82) is 0 Å². The molecule has 2 saturated heterocycles. The van der Waals surface area contributed by atoms with Crippen LogP contribution in [0.5, 0.6) is 0 Å².